The first-order chi connectivity index (χ1) is 14.7. The molecule has 0 bridgehead atoms. The van der Waals surface area contributed by atoms with Crippen LogP contribution in [0.5, 0.6) is 0 Å². The molecular formula is C23H21N5OS. The van der Waals surface area contributed by atoms with Crippen LogP contribution in [-0.4, -0.2) is 24.1 Å². The zero-order valence-corrected chi connectivity index (χ0v) is 17.6. The highest BCUT2D eigenvalue weighted by atomic mass is 32.2. The fraction of sp³-hybridized carbons (Fsp3) is 0.174. The van der Waals surface area contributed by atoms with Crippen molar-refractivity contribution in [3.63, 3.8) is 0 Å². The number of nitrogens with zero attached hydrogens (tertiary/aromatic N) is 5. The standard InChI is InChI=1S/C23H21N5OS/c1-16-7-6-11-27-14-19(24-21(16)27)15-30-23-26-25-22(20-10-12-29-17(20)2)28(23)13-18-8-4-3-5-9-18/h3-12,14H,13,15H2,1-2H3. The molecule has 0 radical (unpaired) electrons. The lowest BCUT2D eigenvalue weighted by Crippen LogP contribution is -2.04. The van der Waals surface area contributed by atoms with E-state index in [2.05, 4.69) is 50.5 Å². The number of furan rings is 1. The lowest BCUT2D eigenvalue weighted by Gasteiger charge is -2.09. The van der Waals surface area contributed by atoms with Gasteiger partial charge in [-0.1, -0.05) is 48.2 Å². The van der Waals surface area contributed by atoms with Crippen molar-refractivity contribution in [3.8, 4) is 11.4 Å². The van der Waals surface area contributed by atoms with E-state index in [1.54, 1.807) is 18.0 Å². The van der Waals surface area contributed by atoms with Gasteiger partial charge in [-0.3, -0.25) is 4.57 Å². The first-order valence-corrected chi connectivity index (χ1v) is 10.7. The third-order valence-corrected chi connectivity index (χ3v) is 6.08. The summed E-state index contributed by atoms with van der Waals surface area (Å²) in [6.07, 6.45) is 5.80. The molecule has 0 atom stereocenters. The highest BCUT2D eigenvalue weighted by Crippen LogP contribution is 2.29. The zero-order chi connectivity index (χ0) is 20.5. The molecule has 0 unspecified atom stereocenters. The third kappa shape index (κ3) is 3.52. The number of benzene rings is 1. The van der Waals surface area contributed by atoms with Crippen LogP contribution in [0.25, 0.3) is 17.0 Å². The summed E-state index contributed by atoms with van der Waals surface area (Å²) in [7, 11) is 0. The second-order valence-corrected chi connectivity index (χ2v) is 8.15. The Labute approximate surface area is 178 Å². The maximum atomic E-state index is 5.51. The molecule has 0 amide bonds. The number of aryl methyl sites for hydroxylation is 2. The predicted octanol–water partition coefficient (Wildman–Crippen LogP) is 5.14. The highest BCUT2D eigenvalue weighted by molar-refractivity contribution is 7.98. The first-order valence-electron chi connectivity index (χ1n) is 9.76. The van der Waals surface area contributed by atoms with E-state index in [1.807, 2.05) is 43.5 Å². The molecule has 5 aromatic rings. The fourth-order valence-electron chi connectivity index (χ4n) is 3.53. The predicted molar refractivity (Wildman–Crippen MR) is 117 cm³/mol. The average Bonchev–Trinajstić information content (AvgIpc) is 3.46. The lowest BCUT2D eigenvalue weighted by molar-refractivity contribution is 0.534. The average molecular weight is 416 g/mol. The van der Waals surface area contributed by atoms with Crippen molar-refractivity contribution in [1.29, 1.82) is 0 Å². The van der Waals surface area contributed by atoms with Gasteiger partial charge >= 0.3 is 0 Å². The van der Waals surface area contributed by atoms with Crippen LogP contribution in [0.4, 0.5) is 0 Å². The van der Waals surface area contributed by atoms with E-state index < -0.39 is 0 Å². The first kappa shape index (κ1) is 18.7. The summed E-state index contributed by atoms with van der Waals surface area (Å²) in [5.41, 5.74) is 5.34. The van der Waals surface area contributed by atoms with Gasteiger partial charge in [-0.15, -0.1) is 10.2 Å². The van der Waals surface area contributed by atoms with Crippen molar-refractivity contribution in [2.24, 2.45) is 0 Å². The minimum atomic E-state index is 0.695. The topological polar surface area (TPSA) is 61.1 Å². The Kier molecular flexibility index (Phi) is 4.88. The summed E-state index contributed by atoms with van der Waals surface area (Å²) in [4.78, 5) is 4.78. The Bertz CT molecular complexity index is 1300. The van der Waals surface area contributed by atoms with Gasteiger partial charge in [-0.05, 0) is 37.1 Å². The summed E-state index contributed by atoms with van der Waals surface area (Å²) in [6.45, 7) is 4.72. The van der Waals surface area contributed by atoms with Crippen molar-refractivity contribution in [2.75, 3.05) is 0 Å². The van der Waals surface area contributed by atoms with Crippen LogP contribution in [0.2, 0.25) is 0 Å². The number of imidazole rings is 1. The molecule has 5 rings (SSSR count). The van der Waals surface area contributed by atoms with Crippen LogP contribution >= 0.6 is 11.8 Å². The van der Waals surface area contributed by atoms with Gasteiger partial charge in [0.15, 0.2) is 11.0 Å². The van der Waals surface area contributed by atoms with Crippen LogP contribution in [0, 0.1) is 13.8 Å². The van der Waals surface area contributed by atoms with Crippen LogP contribution in [-0.2, 0) is 12.3 Å². The molecule has 0 N–H and O–H groups in total. The molecule has 0 aliphatic rings. The van der Waals surface area contributed by atoms with Gasteiger partial charge in [0.2, 0.25) is 0 Å². The minimum Gasteiger partial charge on any atom is -0.469 e. The van der Waals surface area contributed by atoms with E-state index in [-0.39, 0.29) is 0 Å². The van der Waals surface area contributed by atoms with Crippen molar-refractivity contribution >= 4 is 17.4 Å². The molecule has 1 aromatic carbocycles. The summed E-state index contributed by atoms with van der Waals surface area (Å²) in [5, 5.41) is 9.85. The van der Waals surface area contributed by atoms with E-state index in [4.69, 9.17) is 9.40 Å². The van der Waals surface area contributed by atoms with Gasteiger partial charge < -0.3 is 8.82 Å². The van der Waals surface area contributed by atoms with Crippen molar-refractivity contribution in [1.82, 2.24) is 24.1 Å². The van der Waals surface area contributed by atoms with Gasteiger partial charge in [-0.25, -0.2) is 4.98 Å². The van der Waals surface area contributed by atoms with Crippen molar-refractivity contribution < 1.29 is 4.42 Å². The minimum absolute atomic E-state index is 0.695. The molecule has 6 nitrogen and oxygen atoms in total. The lowest BCUT2D eigenvalue weighted by atomic mass is 10.2. The number of pyridine rings is 1. The Morgan fingerprint density at radius 1 is 1.00 bits per heavy atom. The second kappa shape index (κ2) is 7.84. The van der Waals surface area contributed by atoms with Crippen LogP contribution in [0.3, 0.4) is 0 Å². The van der Waals surface area contributed by atoms with E-state index in [0.29, 0.717) is 6.54 Å². The summed E-state index contributed by atoms with van der Waals surface area (Å²) >= 11 is 1.65. The van der Waals surface area contributed by atoms with E-state index in [9.17, 15) is 0 Å². The number of fused-ring (bicyclic) bond motifs is 1. The second-order valence-electron chi connectivity index (χ2n) is 7.21. The molecule has 0 saturated carbocycles. The number of hydrogen-bond donors (Lipinski definition) is 0. The van der Waals surface area contributed by atoms with Crippen LogP contribution in [0.15, 0.2) is 76.8 Å². The van der Waals surface area contributed by atoms with Gasteiger partial charge in [0.25, 0.3) is 0 Å². The summed E-state index contributed by atoms with van der Waals surface area (Å²) in [6, 6.07) is 16.4. The summed E-state index contributed by atoms with van der Waals surface area (Å²) < 4.78 is 9.73. The highest BCUT2D eigenvalue weighted by Gasteiger charge is 2.18. The largest absolute Gasteiger partial charge is 0.469 e. The zero-order valence-electron chi connectivity index (χ0n) is 16.8. The van der Waals surface area contributed by atoms with Crippen molar-refractivity contribution in [2.45, 2.75) is 31.3 Å². The molecule has 0 spiro atoms. The maximum absolute atomic E-state index is 5.51. The van der Waals surface area contributed by atoms with Gasteiger partial charge in [0, 0.05) is 18.1 Å². The SMILES string of the molecule is Cc1occc1-c1nnc(SCc2cn3cccc(C)c3n2)n1Cc1ccccc1. The molecule has 0 aliphatic carbocycles. The molecule has 4 aromatic heterocycles. The molecular weight excluding hydrogens is 394 g/mol. The third-order valence-electron chi connectivity index (χ3n) is 5.08. The molecule has 0 fully saturated rings. The Balaban J connectivity index is 1.47. The number of hydrogen-bond acceptors (Lipinski definition) is 5. The molecule has 7 heteroatoms. The number of aromatic nitrogens is 5. The molecule has 0 aliphatic heterocycles. The Morgan fingerprint density at radius 3 is 2.63 bits per heavy atom. The normalized spacial score (nSPS) is 11.4. The molecule has 150 valence electrons. The fourth-order valence-corrected chi connectivity index (χ4v) is 4.35. The molecule has 4 heterocycles. The van der Waals surface area contributed by atoms with Crippen LogP contribution < -0.4 is 0 Å². The van der Waals surface area contributed by atoms with Gasteiger partial charge in [0.05, 0.1) is 24.1 Å². The van der Waals surface area contributed by atoms with Crippen LogP contribution in [0.1, 0.15) is 22.6 Å². The number of rotatable bonds is 6. The van der Waals surface area contributed by atoms with E-state index in [0.717, 1.165) is 39.4 Å². The molecule has 30 heavy (non-hydrogen) atoms. The van der Waals surface area contributed by atoms with Gasteiger partial charge in [0.1, 0.15) is 11.4 Å². The number of thioether (sulfide) groups is 1. The Morgan fingerprint density at radius 2 is 1.87 bits per heavy atom. The quantitative estimate of drug-likeness (QED) is 0.359. The van der Waals surface area contributed by atoms with Crippen molar-refractivity contribution in [3.05, 3.63) is 89.8 Å². The smallest absolute Gasteiger partial charge is 0.192 e. The summed E-state index contributed by atoms with van der Waals surface area (Å²) in [5.74, 6) is 2.38. The monoisotopic (exact) mass is 415 g/mol. The molecule has 0 saturated heterocycles. The van der Waals surface area contributed by atoms with E-state index in [1.165, 1.54) is 11.1 Å². The Hall–Kier alpha value is -3.32. The van der Waals surface area contributed by atoms with Gasteiger partial charge in [-0.2, -0.15) is 0 Å². The van der Waals surface area contributed by atoms with E-state index >= 15 is 0 Å². The maximum Gasteiger partial charge on any atom is 0.192 e.